The van der Waals surface area contributed by atoms with Gasteiger partial charge in [-0.25, -0.2) is 4.79 Å². The van der Waals surface area contributed by atoms with Crippen molar-refractivity contribution in [3.05, 3.63) is 34.3 Å². The molecule has 1 aromatic rings. The number of rotatable bonds is 3. The maximum atomic E-state index is 12.2. The summed E-state index contributed by atoms with van der Waals surface area (Å²) in [4.78, 5) is 24.0. The summed E-state index contributed by atoms with van der Waals surface area (Å²) in [5, 5.41) is 5.98. The van der Waals surface area contributed by atoms with Crippen molar-refractivity contribution in [1.82, 2.24) is 10.6 Å². The summed E-state index contributed by atoms with van der Waals surface area (Å²) < 4.78 is 6.23. The fraction of sp³-hybridized carbons (Fsp3) is 0.556. The van der Waals surface area contributed by atoms with Gasteiger partial charge >= 0.3 is 6.09 Å². The third-order valence-corrected chi connectivity index (χ3v) is 4.42. The van der Waals surface area contributed by atoms with E-state index in [1.165, 1.54) is 0 Å². The lowest BCUT2D eigenvalue weighted by molar-refractivity contribution is 0.0488. The summed E-state index contributed by atoms with van der Waals surface area (Å²) in [6, 6.07) is 7.58. The molecule has 6 heteroatoms. The van der Waals surface area contributed by atoms with Gasteiger partial charge in [0, 0.05) is 22.1 Å². The molecular weight excluding hydrogens is 372 g/mol. The Morgan fingerprint density at radius 2 is 1.50 bits per heavy atom. The lowest BCUT2D eigenvalue weighted by atomic mass is 9.91. The highest BCUT2D eigenvalue weighted by Crippen LogP contribution is 2.20. The Morgan fingerprint density at radius 1 is 1.00 bits per heavy atom. The van der Waals surface area contributed by atoms with E-state index in [0.29, 0.717) is 5.56 Å². The Labute approximate surface area is 151 Å². The van der Waals surface area contributed by atoms with Gasteiger partial charge in [-0.2, -0.15) is 0 Å². The monoisotopic (exact) mass is 396 g/mol. The molecule has 0 spiro atoms. The Hall–Kier alpha value is -1.56. The third-order valence-electron chi connectivity index (χ3n) is 3.89. The van der Waals surface area contributed by atoms with E-state index >= 15 is 0 Å². The van der Waals surface area contributed by atoms with E-state index in [1.807, 2.05) is 32.9 Å². The molecule has 0 atom stereocenters. The smallest absolute Gasteiger partial charge is 0.407 e. The van der Waals surface area contributed by atoms with Crippen LogP contribution >= 0.6 is 15.9 Å². The molecule has 1 fully saturated rings. The second-order valence-electron chi connectivity index (χ2n) is 7.18. The second kappa shape index (κ2) is 8.01. The first-order valence-electron chi connectivity index (χ1n) is 8.29. The summed E-state index contributed by atoms with van der Waals surface area (Å²) in [5.41, 5.74) is 0.173. The number of halogens is 1. The molecule has 1 aliphatic rings. The first-order valence-corrected chi connectivity index (χ1v) is 9.08. The van der Waals surface area contributed by atoms with E-state index in [9.17, 15) is 9.59 Å². The summed E-state index contributed by atoms with van der Waals surface area (Å²) in [5.74, 6) is -0.0500. The van der Waals surface area contributed by atoms with Crippen LogP contribution in [-0.4, -0.2) is 29.7 Å². The molecule has 1 saturated carbocycles. The predicted octanol–water partition coefficient (Wildman–Crippen LogP) is 4.01. The molecule has 0 heterocycles. The van der Waals surface area contributed by atoms with Gasteiger partial charge in [-0.3, -0.25) is 4.79 Å². The average Bonchev–Trinajstić information content (AvgIpc) is 2.48. The molecule has 24 heavy (non-hydrogen) atoms. The van der Waals surface area contributed by atoms with E-state index in [0.717, 1.165) is 30.2 Å². The SMILES string of the molecule is CC(C)(C)OC(=O)NC1CCC(NC(=O)c2ccc(Br)cc2)CC1. The van der Waals surface area contributed by atoms with E-state index in [-0.39, 0.29) is 24.1 Å². The van der Waals surface area contributed by atoms with Crippen molar-refractivity contribution in [3.8, 4) is 0 Å². The van der Waals surface area contributed by atoms with E-state index < -0.39 is 5.60 Å². The quantitative estimate of drug-likeness (QED) is 0.810. The van der Waals surface area contributed by atoms with Gasteiger partial charge in [-0.05, 0) is 70.7 Å². The van der Waals surface area contributed by atoms with Gasteiger partial charge in [-0.1, -0.05) is 15.9 Å². The minimum absolute atomic E-state index is 0.0500. The number of ether oxygens (including phenoxy) is 1. The number of carbonyl (C=O) groups is 2. The van der Waals surface area contributed by atoms with Gasteiger partial charge < -0.3 is 15.4 Å². The summed E-state index contributed by atoms with van der Waals surface area (Å²) in [6.45, 7) is 5.55. The van der Waals surface area contributed by atoms with Crippen molar-refractivity contribution in [2.45, 2.75) is 64.1 Å². The number of alkyl carbamates (subject to hydrolysis) is 1. The zero-order valence-corrected chi connectivity index (χ0v) is 16.0. The molecule has 1 aliphatic carbocycles. The van der Waals surface area contributed by atoms with Gasteiger partial charge in [0.25, 0.3) is 5.91 Å². The zero-order chi connectivity index (χ0) is 17.7. The maximum absolute atomic E-state index is 12.2. The predicted molar refractivity (Wildman–Crippen MR) is 97.0 cm³/mol. The molecule has 2 N–H and O–H groups in total. The van der Waals surface area contributed by atoms with Crippen LogP contribution in [0, 0.1) is 0 Å². The van der Waals surface area contributed by atoms with E-state index in [4.69, 9.17) is 4.74 Å². The van der Waals surface area contributed by atoms with E-state index in [1.54, 1.807) is 12.1 Å². The Bertz CT molecular complexity index is 573. The summed E-state index contributed by atoms with van der Waals surface area (Å²) in [7, 11) is 0. The van der Waals surface area contributed by atoms with Crippen LogP contribution in [0.1, 0.15) is 56.8 Å². The molecule has 0 saturated heterocycles. The molecule has 0 radical (unpaired) electrons. The Balaban J connectivity index is 1.75. The first-order chi connectivity index (χ1) is 11.2. The lowest BCUT2D eigenvalue weighted by Gasteiger charge is -2.30. The molecule has 5 nitrogen and oxygen atoms in total. The highest BCUT2D eigenvalue weighted by Gasteiger charge is 2.25. The molecule has 2 rings (SSSR count). The van der Waals surface area contributed by atoms with Crippen molar-refractivity contribution >= 4 is 27.9 Å². The van der Waals surface area contributed by atoms with Crippen LogP contribution in [0.2, 0.25) is 0 Å². The van der Waals surface area contributed by atoms with Gasteiger partial charge in [0.15, 0.2) is 0 Å². The van der Waals surface area contributed by atoms with Crippen LogP contribution in [0.3, 0.4) is 0 Å². The number of hydrogen-bond donors (Lipinski definition) is 2. The van der Waals surface area contributed by atoms with Crippen LogP contribution in [0.4, 0.5) is 4.79 Å². The van der Waals surface area contributed by atoms with Crippen molar-refractivity contribution in [2.24, 2.45) is 0 Å². The van der Waals surface area contributed by atoms with Gasteiger partial charge in [0.2, 0.25) is 0 Å². The van der Waals surface area contributed by atoms with Crippen LogP contribution in [0.5, 0.6) is 0 Å². The minimum Gasteiger partial charge on any atom is -0.444 e. The average molecular weight is 397 g/mol. The van der Waals surface area contributed by atoms with Gasteiger partial charge in [0.1, 0.15) is 5.60 Å². The zero-order valence-electron chi connectivity index (χ0n) is 14.4. The highest BCUT2D eigenvalue weighted by atomic mass is 79.9. The summed E-state index contributed by atoms with van der Waals surface area (Å²) >= 11 is 3.36. The van der Waals surface area contributed by atoms with Crippen molar-refractivity contribution in [2.75, 3.05) is 0 Å². The van der Waals surface area contributed by atoms with Crippen LogP contribution < -0.4 is 10.6 Å². The summed E-state index contributed by atoms with van der Waals surface area (Å²) in [6.07, 6.45) is 3.01. The first kappa shape index (κ1) is 18.8. The van der Waals surface area contributed by atoms with Crippen LogP contribution in [0.25, 0.3) is 0 Å². The Morgan fingerprint density at radius 3 is 2.00 bits per heavy atom. The number of hydrogen-bond acceptors (Lipinski definition) is 3. The molecule has 2 amide bonds. The number of carbonyl (C=O) groups excluding carboxylic acids is 2. The fourth-order valence-electron chi connectivity index (χ4n) is 2.73. The van der Waals surface area contributed by atoms with Crippen molar-refractivity contribution in [1.29, 1.82) is 0 Å². The largest absolute Gasteiger partial charge is 0.444 e. The second-order valence-corrected chi connectivity index (χ2v) is 8.09. The normalized spacial score (nSPS) is 21.0. The number of benzene rings is 1. The third kappa shape index (κ3) is 6.15. The maximum Gasteiger partial charge on any atom is 0.407 e. The lowest BCUT2D eigenvalue weighted by Crippen LogP contribution is -2.45. The van der Waals surface area contributed by atoms with Crippen molar-refractivity contribution in [3.63, 3.8) is 0 Å². The molecule has 132 valence electrons. The highest BCUT2D eigenvalue weighted by molar-refractivity contribution is 9.10. The molecule has 0 aliphatic heterocycles. The standard InChI is InChI=1S/C18H25BrN2O3/c1-18(2,3)24-17(23)21-15-10-8-14(9-11-15)20-16(22)12-4-6-13(19)7-5-12/h4-7,14-15H,8-11H2,1-3H3,(H,20,22)(H,21,23). The topological polar surface area (TPSA) is 67.4 Å². The molecule has 0 bridgehead atoms. The van der Waals surface area contributed by atoms with Crippen molar-refractivity contribution < 1.29 is 14.3 Å². The number of amides is 2. The molecular formula is C18H25BrN2O3. The molecule has 1 aromatic carbocycles. The molecule has 0 aromatic heterocycles. The van der Waals surface area contributed by atoms with Crippen LogP contribution in [0.15, 0.2) is 28.7 Å². The fourth-order valence-corrected chi connectivity index (χ4v) is 2.99. The van der Waals surface area contributed by atoms with Crippen LogP contribution in [-0.2, 0) is 4.74 Å². The molecule has 0 unspecified atom stereocenters. The van der Waals surface area contributed by atoms with Gasteiger partial charge in [0.05, 0.1) is 0 Å². The Kier molecular flexibility index (Phi) is 6.27. The van der Waals surface area contributed by atoms with Gasteiger partial charge in [-0.15, -0.1) is 0 Å². The number of nitrogens with one attached hydrogen (secondary N) is 2. The minimum atomic E-state index is -0.486. The van der Waals surface area contributed by atoms with E-state index in [2.05, 4.69) is 26.6 Å².